The maximum Gasteiger partial charge on any atom is 0.108 e. The number of H-pyrrole nitrogens is 1. The number of fused-ring (bicyclic) bond motifs is 3. The Bertz CT molecular complexity index is 640. The van der Waals surface area contributed by atoms with Gasteiger partial charge >= 0.3 is 0 Å². The highest BCUT2D eigenvalue weighted by Crippen LogP contribution is 2.43. The van der Waals surface area contributed by atoms with Gasteiger partial charge in [-0.25, -0.2) is 0 Å². The molecule has 2 nitrogen and oxygen atoms in total. The summed E-state index contributed by atoms with van der Waals surface area (Å²) in [5.41, 5.74) is 5.49. The monoisotopic (exact) mass is 285 g/mol. The first-order valence-corrected chi connectivity index (χ1v) is 8.41. The van der Waals surface area contributed by atoms with Crippen LogP contribution in [0.3, 0.4) is 0 Å². The van der Waals surface area contributed by atoms with E-state index in [1.165, 1.54) is 27.7 Å². The van der Waals surface area contributed by atoms with Crippen molar-refractivity contribution >= 4 is 10.9 Å². The summed E-state index contributed by atoms with van der Waals surface area (Å²) in [6.07, 6.45) is 4.32. The Morgan fingerprint density at radius 2 is 2.10 bits per heavy atom. The van der Waals surface area contributed by atoms with Crippen LogP contribution in [-0.2, 0) is 16.8 Å². The third-order valence-electron chi connectivity index (χ3n) is 5.01. The third-order valence-corrected chi connectivity index (χ3v) is 5.01. The molecule has 0 fully saturated rings. The lowest BCUT2D eigenvalue weighted by molar-refractivity contribution is -0.0723. The fraction of sp³-hybridized carbons (Fsp3) is 0.579. The number of hydrogen-bond donors (Lipinski definition) is 1. The van der Waals surface area contributed by atoms with Crippen LogP contribution in [-0.4, -0.2) is 11.6 Å². The molecule has 114 valence electrons. The molecule has 0 amide bonds. The van der Waals surface area contributed by atoms with E-state index in [1.54, 1.807) is 0 Å². The average Bonchev–Trinajstić information content (AvgIpc) is 2.87. The lowest BCUT2D eigenvalue weighted by Crippen LogP contribution is -2.35. The molecule has 1 aliphatic rings. The molecule has 0 saturated heterocycles. The van der Waals surface area contributed by atoms with Crippen LogP contribution in [0.1, 0.15) is 69.7 Å². The van der Waals surface area contributed by atoms with Crippen molar-refractivity contribution in [1.82, 2.24) is 4.98 Å². The van der Waals surface area contributed by atoms with Crippen molar-refractivity contribution in [3.8, 4) is 0 Å². The number of ether oxygens (including phenoxy) is 1. The molecule has 1 unspecified atom stereocenters. The zero-order valence-corrected chi connectivity index (χ0v) is 13.8. The quantitative estimate of drug-likeness (QED) is 0.813. The first-order valence-electron chi connectivity index (χ1n) is 8.41. The number of rotatable bonds is 4. The Morgan fingerprint density at radius 3 is 2.76 bits per heavy atom. The van der Waals surface area contributed by atoms with E-state index in [0.29, 0.717) is 5.92 Å². The second kappa shape index (κ2) is 5.49. The molecule has 2 aromatic rings. The topological polar surface area (TPSA) is 25.0 Å². The standard InChI is InChI=1S/C19H27NO/c1-5-11-19(6-2)18-16(10-12-21-19)15-9-7-8-14(13(3)4)17(15)20-18/h7-9,13,20H,5-6,10-12H2,1-4H3. The van der Waals surface area contributed by atoms with E-state index in [2.05, 4.69) is 50.9 Å². The fourth-order valence-corrected chi connectivity index (χ4v) is 3.90. The summed E-state index contributed by atoms with van der Waals surface area (Å²) in [7, 11) is 0. The van der Waals surface area contributed by atoms with Crippen molar-refractivity contribution in [1.29, 1.82) is 0 Å². The van der Waals surface area contributed by atoms with Gasteiger partial charge in [0.2, 0.25) is 0 Å². The van der Waals surface area contributed by atoms with Crippen molar-refractivity contribution in [2.45, 2.75) is 64.9 Å². The fourth-order valence-electron chi connectivity index (χ4n) is 3.90. The van der Waals surface area contributed by atoms with Crippen LogP contribution < -0.4 is 0 Å². The van der Waals surface area contributed by atoms with Crippen LogP contribution >= 0.6 is 0 Å². The van der Waals surface area contributed by atoms with E-state index >= 15 is 0 Å². The van der Waals surface area contributed by atoms with Crippen molar-refractivity contribution < 1.29 is 4.74 Å². The number of aromatic nitrogens is 1. The Labute approximate surface area is 127 Å². The van der Waals surface area contributed by atoms with Crippen molar-refractivity contribution in [2.75, 3.05) is 6.61 Å². The van der Waals surface area contributed by atoms with Crippen LogP contribution in [0.4, 0.5) is 0 Å². The van der Waals surface area contributed by atoms with Crippen LogP contribution in [0.25, 0.3) is 10.9 Å². The third kappa shape index (κ3) is 2.20. The summed E-state index contributed by atoms with van der Waals surface area (Å²) < 4.78 is 6.28. The zero-order chi connectivity index (χ0) is 15.0. The summed E-state index contributed by atoms with van der Waals surface area (Å²) in [6, 6.07) is 6.73. The number of nitrogens with one attached hydrogen (secondary N) is 1. The number of hydrogen-bond acceptors (Lipinski definition) is 1. The molecule has 1 aromatic heterocycles. The van der Waals surface area contributed by atoms with Crippen molar-refractivity contribution in [3.05, 3.63) is 35.0 Å². The molecule has 1 atom stereocenters. The van der Waals surface area contributed by atoms with E-state index < -0.39 is 0 Å². The molecule has 0 saturated carbocycles. The van der Waals surface area contributed by atoms with Crippen LogP contribution in [0, 0.1) is 0 Å². The second-order valence-corrected chi connectivity index (χ2v) is 6.60. The minimum atomic E-state index is -0.102. The molecule has 0 aliphatic carbocycles. The highest BCUT2D eigenvalue weighted by Gasteiger charge is 2.38. The lowest BCUT2D eigenvalue weighted by Gasteiger charge is -2.36. The van der Waals surface area contributed by atoms with Gasteiger partial charge in [-0.05, 0) is 36.3 Å². The van der Waals surface area contributed by atoms with Gasteiger partial charge in [-0.2, -0.15) is 0 Å². The minimum Gasteiger partial charge on any atom is -0.368 e. The number of benzene rings is 1. The van der Waals surface area contributed by atoms with Crippen LogP contribution in [0.15, 0.2) is 18.2 Å². The van der Waals surface area contributed by atoms with Gasteiger partial charge in [0.1, 0.15) is 5.60 Å². The molecule has 21 heavy (non-hydrogen) atoms. The largest absolute Gasteiger partial charge is 0.368 e. The van der Waals surface area contributed by atoms with E-state index in [9.17, 15) is 0 Å². The molecular weight excluding hydrogens is 258 g/mol. The maximum atomic E-state index is 6.28. The van der Waals surface area contributed by atoms with E-state index in [4.69, 9.17) is 4.74 Å². The smallest absolute Gasteiger partial charge is 0.108 e. The molecular formula is C19H27NO. The number of para-hydroxylation sites is 1. The second-order valence-electron chi connectivity index (χ2n) is 6.60. The molecule has 0 spiro atoms. The SMILES string of the molecule is CCCC1(CC)OCCc2c1[nH]c1c(C(C)C)cccc21. The first-order chi connectivity index (χ1) is 10.1. The van der Waals surface area contributed by atoms with Gasteiger partial charge in [0.15, 0.2) is 0 Å². The van der Waals surface area contributed by atoms with Crippen molar-refractivity contribution in [2.24, 2.45) is 0 Å². The average molecular weight is 285 g/mol. The van der Waals surface area contributed by atoms with Gasteiger partial charge in [0.25, 0.3) is 0 Å². The number of aromatic amines is 1. The molecule has 2 heteroatoms. The summed E-state index contributed by atoms with van der Waals surface area (Å²) >= 11 is 0. The Morgan fingerprint density at radius 1 is 1.29 bits per heavy atom. The highest BCUT2D eigenvalue weighted by molar-refractivity contribution is 5.88. The molecule has 2 heterocycles. The molecule has 0 radical (unpaired) electrons. The molecule has 0 bridgehead atoms. The van der Waals surface area contributed by atoms with E-state index in [-0.39, 0.29) is 5.60 Å². The minimum absolute atomic E-state index is 0.102. The van der Waals surface area contributed by atoms with Gasteiger partial charge in [0.05, 0.1) is 12.3 Å². The lowest BCUT2D eigenvalue weighted by atomic mass is 9.85. The summed E-state index contributed by atoms with van der Waals surface area (Å²) in [6.45, 7) is 9.88. The molecule has 1 aliphatic heterocycles. The van der Waals surface area contributed by atoms with Crippen molar-refractivity contribution in [3.63, 3.8) is 0 Å². The van der Waals surface area contributed by atoms with Gasteiger partial charge in [-0.15, -0.1) is 0 Å². The predicted molar refractivity (Wildman–Crippen MR) is 88.9 cm³/mol. The molecule has 1 N–H and O–H groups in total. The van der Waals surface area contributed by atoms with Gasteiger partial charge in [-0.3, -0.25) is 0 Å². The van der Waals surface area contributed by atoms with E-state index in [1.807, 2.05) is 0 Å². The van der Waals surface area contributed by atoms with E-state index in [0.717, 1.165) is 32.3 Å². The normalized spacial score (nSPS) is 22.0. The summed E-state index contributed by atoms with van der Waals surface area (Å²) in [4.78, 5) is 3.77. The zero-order valence-electron chi connectivity index (χ0n) is 13.8. The Hall–Kier alpha value is -1.28. The summed E-state index contributed by atoms with van der Waals surface area (Å²) in [5.74, 6) is 0.539. The predicted octanol–water partition coefficient (Wildman–Crippen LogP) is 5.27. The van der Waals surface area contributed by atoms with Gasteiger partial charge < -0.3 is 9.72 Å². The van der Waals surface area contributed by atoms with Crippen LogP contribution in [0.2, 0.25) is 0 Å². The van der Waals surface area contributed by atoms with Crippen LogP contribution in [0.5, 0.6) is 0 Å². The Balaban J connectivity index is 2.25. The molecule has 1 aromatic carbocycles. The maximum absolute atomic E-state index is 6.28. The Kier molecular flexibility index (Phi) is 3.83. The van der Waals surface area contributed by atoms with Gasteiger partial charge in [0, 0.05) is 10.9 Å². The highest BCUT2D eigenvalue weighted by atomic mass is 16.5. The molecule has 3 rings (SSSR count). The first kappa shape index (κ1) is 14.6. The van der Waals surface area contributed by atoms with Gasteiger partial charge in [-0.1, -0.05) is 52.3 Å². The summed E-state index contributed by atoms with van der Waals surface area (Å²) in [5, 5.41) is 1.41.